The summed E-state index contributed by atoms with van der Waals surface area (Å²) in [6.07, 6.45) is 5.58. The normalized spacial score (nSPS) is 18.5. The molecule has 0 N–H and O–H groups in total. The maximum absolute atomic E-state index is 12.4. The average Bonchev–Trinajstić information content (AvgIpc) is 3.32. The fourth-order valence-electron chi connectivity index (χ4n) is 2.60. The van der Waals surface area contributed by atoms with Crippen LogP contribution >= 0.6 is 0 Å². The lowest BCUT2D eigenvalue weighted by Crippen LogP contribution is -2.48. The number of rotatable bonds is 3. The molecule has 114 valence electrons. The van der Waals surface area contributed by atoms with Crippen LogP contribution in [0.1, 0.15) is 35.3 Å². The molecule has 2 fully saturated rings. The Kier molecular flexibility index (Phi) is 3.21. The van der Waals surface area contributed by atoms with Crippen molar-refractivity contribution in [3.8, 4) is 0 Å². The molecule has 0 unspecified atom stereocenters. The van der Waals surface area contributed by atoms with Crippen molar-refractivity contribution in [3.63, 3.8) is 0 Å². The highest BCUT2D eigenvalue weighted by molar-refractivity contribution is 5.89. The number of amides is 1. The van der Waals surface area contributed by atoms with Gasteiger partial charge < -0.3 is 14.3 Å². The summed E-state index contributed by atoms with van der Waals surface area (Å²) in [4.78, 5) is 20.6. The Labute approximate surface area is 127 Å². The minimum Gasteiger partial charge on any atom is -0.367 e. The molecule has 0 aromatic carbocycles. The second kappa shape index (κ2) is 5.36. The third-order valence-electron chi connectivity index (χ3n) is 4.07. The maximum Gasteiger partial charge on any atom is 0.316 e. The van der Waals surface area contributed by atoms with E-state index in [2.05, 4.69) is 25.2 Å². The lowest BCUT2D eigenvalue weighted by Gasteiger charge is -2.35. The van der Waals surface area contributed by atoms with Gasteiger partial charge in [-0.25, -0.2) is 0 Å². The Morgan fingerprint density at radius 1 is 1.18 bits per heavy atom. The molecular formula is C14H16N6O2. The number of hydrogen-bond acceptors (Lipinski definition) is 7. The molecule has 4 rings (SSSR count). The van der Waals surface area contributed by atoms with Gasteiger partial charge in [-0.2, -0.15) is 15.2 Å². The van der Waals surface area contributed by atoms with E-state index in [0.29, 0.717) is 24.8 Å². The number of carbonyl (C=O) groups is 1. The summed E-state index contributed by atoms with van der Waals surface area (Å²) in [5.41, 5.74) is 1.02. The van der Waals surface area contributed by atoms with E-state index in [9.17, 15) is 4.79 Å². The number of aromatic nitrogens is 4. The van der Waals surface area contributed by atoms with Crippen LogP contribution in [0.3, 0.4) is 0 Å². The molecule has 1 saturated carbocycles. The maximum atomic E-state index is 12.4. The van der Waals surface area contributed by atoms with Gasteiger partial charge in [0.05, 0.1) is 18.1 Å². The van der Waals surface area contributed by atoms with Crippen LogP contribution in [0, 0.1) is 0 Å². The third-order valence-corrected chi connectivity index (χ3v) is 4.07. The van der Waals surface area contributed by atoms with Crippen molar-refractivity contribution in [2.45, 2.75) is 18.8 Å². The van der Waals surface area contributed by atoms with E-state index < -0.39 is 0 Å². The molecule has 0 spiro atoms. The first-order chi connectivity index (χ1) is 10.8. The molecule has 2 aromatic rings. The minimum atomic E-state index is -0.174. The van der Waals surface area contributed by atoms with E-state index >= 15 is 0 Å². The van der Waals surface area contributed by atoms with Crippen molar-refractivity contribution >= 4 is 11.6 Å². The zero-order chi connectivity index (χ0) is 14.9. The van der Waals surface area contributed by atoms with Gasteiger partial charge in [0.25, 0.3) is 0 Å². The fraction of sp³-hybridized carbons (Fsp3) is 0.500. The Bertz CT molecular complexity index is 661. The molecule has 8 nitrogen and oxygen atoms in total. The van der Waals surface area contributed by atoms with Crippen molar-refractivity contribution in [3.05, 3.63) is 30.2 Å². The molecule has 2 aliphatic rings. The highest BCUT2D eigenvalue weighted by atomic mass is 16.5. The van der Waals surface area contributed by atoms with Crippen molar-refractivity contribution in [2.75, 3.05) is 31.1 Å². The highest BCUT2D eigenvalue weighted by Crippen LogP contribution is 2.38. The summed E-state index contributed by atoms with van der Waals surface area (Å²) in [5.74, 6) is 0.999. The van der Waals surface area contributed by atoms with Crippen molar-refractivity contribution in [1.29, 1.82) is 0 Å². The predicted molar refractivity (Wildman–Crippen MR) is 76.4 cm³/mol. The molecule has 1 aliphatic heterocycles. The SMILES string of the molecule is O=C(c1nc(C2CC2)no1)N1CCN(c2ccnnc2)CC1. The number of anilines is 1. The van der Waals surface area contributed by atoms with Crippen LogP contribution in [0.5, 0.6) is 0 Å². The number of hydrogen-bond donors (Lipinski definition) is 0. The second-order valence-electron chi connectivity index (χ2n) is 5.61. The molecule has 1 aliphatic carbocycles. The van der Waals surface area contributed by atoms with Gasteiger partial charge in [-0.05, 0) is 18.9 Å². The largest absolute Gasteiger partial charge is 0.367 e. The van der Waals surface area contributed by atoms with Gasteiger partial charge in [-0.15, -0.1) is 0 Å². The monoisotopic (exact) mass is 300 g/mol. The molecule has 22 heavy (non-hydrogen) atoms. The molecule has 2 aromatic heterocycles. The first kappa shape index (κ1) is 13.2. The van der Waals surface area contributed by atoms with Crippen LogP contribution in [-0.2, 0) is 0 Å². The smallest absolute Gasteiger partial charge is 0.316 e. The van der Waals surface area contributed by atoms with E-state index in [4.69, 9.17) is 4.52 Å². The highest BCUT2D eigenvalue weighted by Gasteiger charge is 2.32. The summed E-state index contributed by atoms with van der Waals surface area (Å²) in [6, 6.07) is 1.92. The molecular weight excluding hydrogens is 284 g/mol. The molecule has 0 atom stereocenters. The third kappa shape index (κ3) is 2.51. The lowest BCUT2D eigenvalue weighted by atomic mass is 10.3. The Balaban J connectivity index is 1.39. The molecule has 3 heterocycles. The van der Waals surface area contributed by atoms with Crippen molar-refractivity contribution in [2.24, 2.45) is 0 Å². The second-order valence-corrected chi connectivity index (χ2v) is 5.61. The first-order valence-electron chi connectivity index (χ1n) is 7.46. The van der Waals surface area contributed by atoms with E-state index in [1.54, 1.807) is 17.3 Å². The predicted octanol–water partition coefficient (Wildman–Crippen LogP) is 0.699. The molecule has 0 radical (unpaired) electrons. The van der Waals surface area contributed by atoms with Crippen LogP contribution in [0.25, 0.3) is 0 Å². The quantitative estimate of drug-likeness (QED) is 0.824. The van der Waals surface area contributed by atoms with E-state index in [1.807, 2.05) is 6.07 Å². The van der Waals surface area contributed by atoms with Gasteiger partial charge in [0.1, 0.15) is 0 Å². The molecule has 1 saturated heterocycles. The Morgan fingerprint density at radius 2 is 2.00 bits per heavy atom. The first-order valence-corrected chi connectivity index (χ1v) is 7.46. The van der Waals surface area contributed by atoms with Crippen molar-refractivity contribution in [1.82, 2.24) is 25.2 Å². The van der Waals surface area contributed by atoms with Gasteiger partial charge in [0.15, 0.2) is 5.82 Å². The molecule has 1 amide bonds. The average molecular weight is 300 g/mol. The number of nitrogens with zero attached hydrogens (tertiary/aromatic N) is 6. The summed E-state index contributed by atoms with van der Waals surface area (Å²) in [5, 5.41) is 11.6. The zero-order valence-electron chi connectivity index (χ0n) is 12.1. The standard InChI is InChI=1S/C14H16N6O2/c21-14(13-17-12(18-22-13)10-1-2-10)20-7-5-19(6-8-20)11-3-4-15-16-9-11/h3-4,9-10H,1-2,5-8H2. The van der Waals surface area contributed by atoms with Gasteiger partial charge in [0.2, 0.25) is 0 Å². The van der Waals surface area contributed by atoms with E-state index in [-0.39, 0.29) is 11.8 Å². The van der Waals surface area contributed by atoms with Gasteiger partial charge in [-0.1, -0.05) is 5.16 Å². The van der Waals surface area contributed by atoms with Crippen LogP contribution in [-0.4, -0.2) is 57.3 Å². The summed E-state index contributed by atoms with van der Waals surface area (Å²) in [6.45, 7) is 2.76. The minimum absolute atomic E-state index is 0.112. The van der Waals surface area contributed by atoms with Gasteiger partial charge in [0, 0.05) is 32.1 Å². The van der Waals surface area contributed by atoms with E-state index in [0.717, 1.165) is 31.6 Å². The summed E-state index contributed by atoms with van der Waals surface area (Å²) >= 11 is 0. The van der Waals surface area contributed by atoms with Crippen LogP contribution in [0.2, 0.25) is 0 Å². The Hall–Kier alpha value is -2.51. The van der Waals surface area contributed by atoms with Gasteiger partial charge >= 0.3 is 11.8 Å². The Morgan fingerprint density at radius 3 is 2.68 bits per heavy atom. The fourth-order valence-corrected chi connectivity index (χ4v) is 2.60. The lowest BCUT2D eigenvalue weighted by molar-refractivity contribution is 0.0696. The summed E-state index contributed by atoms with van der Waals surface area (Å²) in [7, 11) is 0. The van der Waals surface area contributed by atoms with Gasteiger partial charge in [-0.3, -0.25) is 4.79 Å². The van der Waals surface area contributed by atoms with Crippen LogP contribution in [0.15, 0.2) is 23.0 Å². The van der Waals surface area contributed by atoms with Crippen LogP contribution < -0.4 is 4.90 Å². The summed E-state index contributed by atoms with van der Waals surface area (Å²) < 4.78 is 5.11. The van der Waals surface area contributed by atoms with Crippen molar-refractivity contribution < 1.29 is 9.32 Å². The molecule has 0 bridgehead atoms. The topological polar surface area (TPSA) is 88.3 Å². The zero-order valence-corrected chi connectivity index (χ0v) is 12.1. The van der Waals surface area contributed by atoms with Crippen LogP contribution in [0.4, 0.5) is 5.69 Å². The number of carbonyl (C=O) groups excluding carboxylic acids is 1. The number of piperazine rings is 1. The van der Waals surface area contributed by atoms with E-state index in [1.165, 1.54) is 0 Å². The molecule has 8 heteroatoms.